The Morgan fingerprint density at radius 2 is 2.00 bits per heavy atom. The molecule has 0 saturated carbocycles. The fourth-order valence-corrected chi connectivity index (χ4v) is 1.68. The molecule has 3 heterocycles. The Morgan fingerprint density at radius 3 is 2.87 bits per heavy atom. The van der Waals surface area contributed by atoms with Gasteiger partial charge in [0.25, 0.3) is 0 Å². The summed E-state index contributed by atoms with van der Waals surface area (Å²) >= 11 is 0. The van der Waals surface area contributed by atoms with Gasteiger partial charge in [-0.15, -0.1) is 0 Å². The molecule has 0 atom stereocenters. The number of fused-ring (bicyclic) bond motifs is 1. The molecule has 15 heavy (non-hydrogen) atoms. The van der Waals surface area contributed by atoms with E-state index in [9.17, 15) is 0 Å². The summed E-state index contributed by atoms with van der Waals surface area (Å²) in [4.78, 5) is 4.11. The van der Waals surface area contributed by atoms with Crippen LogP contribution in [0, 0.1) is 0 Å². The van der Waals surface area contributed by atoms with E-state index in [1.807, 2.05) is 47.4 Å². The molecule has 0 aliphatic heterocycles. The van der Waals surface area contributed by atoms with Gasteiger partial charge in [0.05, 0.1) is 11.7 Å². The van der Waals surface area contributed by atoms with E-state index in [1.165, 1.54) is 0 Å². The summed E-state index contributed by atoms with van der Waals surface area (Å²) in [6.07, 6.45) is 7.43. The van der Waals surface area contributed by atoms with Crippen molar-refractivity contribution < 1.29 is 0 Å². The molecule has 0 aliphatic rings. The van der Waals surface area contributed by atoms with E-state index in [2.05, 4.69) is 16.1 Å². The van der Waals surface area contributed by atoms with Gasteiger partial charge in [-0.1, -0.05) is 12.1 Å². The minimum Gasteiger partial charge on any atom is -0.264 e. The summed E-state index contributed by atoms with van der Waals surface area (Å²) in [6.45, 7) is 0. The first-order chi connectivity index (χ1) is 7.45. The second kappa shape index (κ2) is 3.20. The largest absolute Gasteiger partial charge is 0.264 e. The van der Waals surface area contributed by atoms with Crippen LogP contribution in [0.2, 0.25) is 0 Å². The van der Waals surface area contributed by atoms with Gasteiger partial charge in [-0.05, 0) is 18.2 Å². The average molecular weight is 195 g/mol. The predicted molar refractivity (Wildman–Crippen MR) is 58.4 cm³/mol. The number of hydrogen-bond donors (Lipinski definition) is 0. The average Bonchev–Trinajstić information content (AvgIpc) is 2.74. The van der Waals surface area contributed by atoms with Crippen LogP contribution in [-0.4, -0.2) is 14.6 Å². The van der Waals surface area contributed by atoms with Crippen LogP contribution in [0.15, 0.2) is 55.1 Å². The van der Waals surface area contributed by atoms with Crippen LogP contribution in [0.4, 0.5) is 0 Å². The van der Waals surface area contributed by atoms with Crippen molar-refractivity contribution in [2.45, 2.75) is 0 Å². The molecule has 0 radical (unpaired) electrons. The van der Waals surface area contributed by atoms with Gasteiger partial charge in [0, 0.05) is 29.7 Å². The molecule has 3 aromatic heterocycles. The van der Waals surface area contributed by atoms with Gasteiger partial charge in [0.1, 0.15) is 0 Å². The first kappa shape index (κ1) is 8.17. The zero-order valence-corrected chi connectivity index (χ0v) is 8.04. The van der Waals surface area contributed by atoms with Gasteiger partial charge in [-0.2, -0.15) is 5.10 Å². The fraction of sp³-hybridized carbons (Fsp3) is 0. The summed E-state index contributed by atoms with van der Waals surface area (Å²) in [5.41, 5.74) is 3.31. The fourth-order valence-electron chi connectivity index (χ4n) is 1.68. The molecule has 0 bridgehead atoms. The lowest BCUT2D eigenvalue weighted by Gasteiger charge is -1.97. The van der Waals surface area contributed by atoms with Crippen LogP contribution in [-0.2, 0) is 0 Å². The zero-order valence-electron chi connectivity index (χ0n) is 8.04. The minimum absolute atomic E-state index is 1.10. The molecule has 3 aromatic rings. The van der Waals surface area contributed by atoms with Crippen LogP contribution in [0.5, 0.6) is 0 Å². The standard InChI is InChI=1S/C12H9N3/c1-2-7-15-12(5-1)11(9-14-15)10-4-3-6-13-8-10/h1-9H. The predicted octanol–water partition coefficient (Wildman–Crippen LogP) is 2.40. The Hall–Kier alpha value is -2.16. The summed E-state index contributed by atoms with van der Waals surface area (Å²) in [6, 6.07) is 10.00. The summed E-state index contributed by atoms with van der Waals surface area (Å²) in [7, 11) is 0. The van der Waals surface area contributed by atoms with Crippen molar-refractivity contribution in [2.75, 3.05) is 0 Å². The van der Waals surface area contributed by atoms with Gasteiger partial charge in [-0.3, -0.25) is 4.98 Å². The highest BCUT2D eigenvalue weighted by Gasteiger charge is 2.04. The lowest BCUT2D eigenvalue weighted by atomic mass is 10.1. The van der Waals surface area contributed by atoms with Crippen LogP contribution in [0.1, 0.15) is 0 Å². The number of nitrogens with zero attached hydrogens (tertiary/aromatic N) is 3. The molecule has 0 fully saturated rings. The Kier molecular flexibility index (Phi) is 1.75. The molecular formula is C12H9N3. The van der Waals surface area contributed by atoms with Crippen LogP contribution in [0.3, 0.4) is 0 Å². The lowest BCUT2D eigenvalue weighted by Crippen LogP contribution is -1.83. The van der Waals surface area contributed by atoms with Crippen molar-refractivity contribution >= 4 is 5.52 Å². The van der Waals surface area contributed by atoms with E-state index in [-0.39, 0.29) is 0 Å². The molecule has 0 saturated heterocycles. The number of hydrogen-bond acceptors (Lipinski definition) is 2. The van der Waals surface area contributed by atoms with Crippen LogP contribution >= 0.6 is 0 Å². The van der Waals surface area contributed by atoms with Crippen molar-refractivity contribution in [3.63, 3.8) is 0 Å². The van der Waals surface area contributed by atoms with Crippen molar-refractivity contribution in [1.29, 1.82) is 0 Å². The zero-order chi connectivity index (χ0) is 10.1. The SMILES string of the molecule is c1cncc(-c2cnn3ccccc23)c1. The molecule has 3 nitrogen and oxygen atoms in total. The van der Waals surface area contributed by atoms with Gasteiger partial charge in [0.2, 0.25) is 0 Å². The van der Waals surface area contributed by atoms with Gasteiger partial charge in [-0.25, -0.2) is 4.52 Å². The summed E-state index contributed by atoms with van der Waals surface area (Å²) in [5, 5.41) is 4.28. The summed E-state index contributed by atoms with van der Waals surface area (Å²) < 4.78 is 1.86. The maximum atomic E-state index is 4.28. The van der Waals surface area contributed by atoms with E-state index in [0.717, 1.165) is 16.6 Å². The Balaban J connectivity index is 2.28. The number of aromatic nitrogens is 3. The van der Waals surface area contributed by atoms with Crippen molar-refractivity contribution in [1.82, 2.24) is 14.6 Å². The van der Waals surface area contributed by atoms with E-state index in [4.69, 9.17) is 0 Å². The molecule has 0 unspecified atom stereocenters. The normalized spacial score (nSPS) is 10.7. The minimum atomic E-state index is 1.10. The van der Waals surface area contributed by atoms with Crippen LogP contribution in [0.25, 0.3) is 16.6 Å². The quantitative estimate of drug-likeness (QED) is 0.596. The summed E-state index contributed by atoms with van der Waals surface area (Å²) in [5.74, 6) is 0. The van der Waals surface area contributed by atoms with E-state index >= 15 is 0 Å². The van der Waals surface area contributed by atoms with Crippen molar-refractivity contribution in [2.24, 2.45) is 0 Å². The lowest BCUT2D eigenvalue weighted by molar-refractivity contribution is 0.961. The first-order valence-corrected chi connectivity index (χ1v) is 4.78. The van der Waals surface area contributed by atoms with Crippen molar-refractivity contribution in [3.05, 3.63) is 55.1 Å². The van der Waals surface area contributed by atoms with Gasteiger partial charge in [0.15, 0.2) is 0 Å². The van der Waals surface area contributed by atoms with E-state index < -0.39 is 0 Å². The second-order valence-corrected chi connectivity index (χ2v) is 3.33. The number of rotatable bonds is 1. The van der Waals surface area contributed by atoms with E-state index in [0.29, 0.717) is 0 Å². The molecule has 3 rings (SSSR count). The highest BCUT2D eigenvalue weighted by atomic mass is 15.2. The topological polar surface area (TPSA) is 30.2 Å². The smallest absolute Gasteiger partial charge is 0.0740 e. The molecule has 0 aromatic carbocycles. The molecule has 0 amide bonds. The second-order valence-electron chi connectivity index (χ2n) is 3.33. The maximum absolute atomic E-state index is 4.28. The Labute approximate surface area is 87.0 Å². The third-order valence-corrected chi connectivity index (χ3v) is 2.40. The first-order valence-electron chi connectivity index (χ1n) is 4.78. The van der Waals surface area contributed by atoms with Crippen LogP contribution < -0.4 is 0 Å². The Bertz CT molecular complexity index is 584. The Morgan fingerprint density at radius 1 is 1.00 bits per heavy atom. The van der Waals surface area contributed by atoms with Crippen molar-refractivity contribution in [3.8, 4) is 11.1 Å². The third kappa shape index (κ3) is 1.29. The van der Waals surface area contributed by atoms with Gasteiger partial charge >= 0.3 is 0 Å². The van der Waals surface area contributed by atoms with Gasteiger partial charge < -0.3 is 0 Å². The molecular weight excluding hydrogens is 186 g/mol. The molecule has 0 N–H and O–H groups in total. The molecule has 0 aliphatic carbocycles. The highest BCUT2D eigenvalue weighted by Crippen LogP contribution is 2.22. The van der Waals surface area contributed by atoms with E-state index in [1.54, 1.807) is 6.20 Å². The highest BCUT2D eigenvalue weighted by molar-refractivity contribution is 5.79. The molecule has 72 valence electrons. The third-order valence-electron chi connectivity index (χ3n) is 2.40. The maximum Gasteiger partial charge on any atom is 0.0740 e. The molecule has 0 spiro atoms. The molecule has 3 heteroatoms. The monoisotopic (exact) mass is 195 g/mol. The number of pyridine rings is 2.